The van der Waals surface area contributed by atoms with E-state index in [2.05, 4.69) is 10.3 Å². The summed E-state index contributed by atoms with van der Waals surface area (Å²) >= 11 is 12.2. The summed E-state index contributed by atoms with van der Waals surface area (Å²) in [6, 6.07) is 3.26. The van der Waals surface area contributed by atoms with Crippen LogP contribution in [-0.2, 0) is 14.3 Å². The molecule has 0 aliphatic carbocycles. The zero-order valence-corrected chi connectivity index (χ0v) is 11.8. The second kappa shape index (κ2) is 4.64. The average Bonchev–Trinajstić information content (AvgIpc) is 2.73. The minimum absolute atomic E-state index is 0.0407. The first-order valence-corrected chi connectivity index (χ1v) is 6.53. The third-order valence-corrected chi connectivity index (χ3v) is 3.80. The molecule has 0 spiro atoms. The minimum Gasteiger partial charge on any atom is -0.437 e. The highest BCUT2D eigenvalue weighted by molar-refractivity contribution is 6.42. The SMILES string of the molecule is CC(=O)OC1c2c(ccc(Cl)c2Cl)N=C2NC(=O)CN21. The van der Waals surface area contributed by atoms with Crippen molar-refractivity contribution in [3.8, 4) is 0 Å². The zero-order chi connectivity index (χ0) is 14.4. The van der Waals surface area contributed by atoms with Crippen LogP contribution < -0.4 is 5.32 Å². The number of hydrogen-bond donors (Lipinski definition) is 1. The normalized spacial score (nSPS) is 19.9. The predicted octanol–water partition coefficient (Wildman–Crippen LogP) is 1.99. The number of nitrogens with one attached hydrogen (secondary N) is 1. The minimum atomic E-state index is -0.819. The number of aliphatic imine (C=N–C) groups is 1. The van der Waals surface area contributed by atoms with E-state index in [0.29, 0.717) is 22.2 Å². The Balaban J connectivity index is 2.16. The molecule has 1 fully saturated rings. The fraction of sp³-hybridized carbons (Fsp3) is 0.250. The summed E-state index contributed by atoms with van der Waals surface area (Å²) in [7, 11) is 0. The number of guanidine groups is 1. The summed E-state index contributed by atoms with van der Waals surface area (Å²) in [6.07, 6.45) is -0.819. The molecule has 2 heterocycles. The largest absolute Gasteiger partial charge is 0.437 e. The number of rotatable bonds is 1. The molecule has 1 aromatic rings. The Morgan fingerprint density at radius 3 is 2.95 bits per heavy atom. The van der Waals surface area contributed by atoms with Gasteiger partial charge in [0.05, 0.1) is 21.3 Å². The molecule has 1 aromatic carbocycles. The van der Waals surface area contributed by atoms with Gasteiger partial charge in [-0.1, -0.05) is 23.2 Å². The second-order valence-electron chi connectivity index (χ2n) is 4.37. The Bertz CT molecular complexity index is 660. The first kappa shape index (κ1) is 13.2. The molecule has 8 heteroatoms. The third-order valence-electron chi connectivity index (χ3n) is 2.98. The van der Waals surface area contributed by atoms with Crippen LogP contribution in [0, 0.1) is 0 Å². The molecule has 0 bridgehead atoms. The molecule has 6 nitrogen and oxygen atoms in total. The fourth-order valence-corrected chi connectivity index (χ4v) is 2.61. The lowest BCUT2D eigenvalue weighted by Gasteiger charge is -2.32. The first-order valence-electron chi connectivity index (χ1n) is 5.77. The summed E-state index contributed by atoms with van der Waals surface area (Å²) in [5.41, 5.74) is 0.994. The van der Waals surface area contributed by atoms with Crippen LogP contribution in [0.15, 0.2) is 17.1 Å². The molecule has 0 radical (unpaired) electrons. The van der Waals surface area contributed by atoms with E-state index in [1.165, 1.54) is 11.8 Å². The first-order chi connectivity index (χ1) is 9.47. The topological polar surface area (TPSA) is 71.0 Å². The number of benzene rings is 1. The van der Waals surface area contributed by atoms with E-state index in [0.717, 1.165) is 0 Å². The van der Waals surface area contributed by atoms with E-state index in [4.69, 9.17) is 27.9 Å². The van der Waals surface area contributed by atoms with Gasteiger partial charge in [0.25, 0.3) is 0 Å². The standard InChI is InChI=1S/C12H9Cl2N3O3/c1-5(18)20-11-9-7(3-2-6(13)10(9)14)15-12-16-8(19)4-17(11)12/h2-3,11H,4H2,1H3,(H,15,16,19). The van der Waals surface area contributed by atoms with Crippen LogP contribution >= 0.6 is 23.2 Å². The number of fused-ring (bicyclic) bond motifs is 2. The number of nitrogens with zero attached hydrogens (tertiary/aromatic N) is 2. The number of hydrogen-bond acceptors (Lipinski definition) is 5. The summed E-state index contributed by atoms with van der Waals surface area (Å²) in [5.74, 6) is -0.374. The van der Waals surface area contributed by atoms with Crippen LogP contribution in [0.1, 0.15) is 18.7 Å². The molecule has 1 N–H and O–H groups in total. The summed E-state index contributed by atoms with van der Waals surface area (Å²) in [4.78, 5) is 28.7. The Kier molecular flexibility index (Phi) is 3.07. The molecule has 20 heavy (non-hydrogen) atoms. The molecule has 0 aromatic heterocycles. The van der Waals surface area contributed by atoms with Gasteiger partial charge in [-0.25, -0.2) is 4.99 Å². The van der Waals surface area contributed by atoms with E-state index < -0.39 is 12.2 Å². The van der Waals surface area contributed by atoms with Gasteiger partial charge in [-0.3, -0.25) is 19.8 Å². The van der Waals surface area contributed by atoms with Gasteiger partial charge < -0.3 is 4.74 Å². The van der Waals surface area contributed by atoms with E-state index in [1.807, 2.05) is 0 Å². The summed E-state index contributed by atoms with van der Waals surface area (Å²) in [5, 5.41) is 3.20. The highest BCUT2D eigenvalue weighted by Gasteiger charge is 2.40. The number of halogens is 2. The van der Waals surface area contributed by atoms with Crippen molar-refractivity contribution in [2.45, 2.75) is 13.2 Å². The molecule has 1 atom stereocenters. The van der Waals surface area contributed by atoms with Crippen LogP contribution in [0.4, 0.5) is 5.69 Å². The van der Waals surface area contributed by atoms with Crippen LogP contribution in [-0.4, -0.2) is 29.3 Å². The highest BCUT2D eigenvalue weighted by Crippen LogP contribution is 2.43. The Morgan fingerprint density at radius 1 is 1.50 bits per heavy atom. The monoisotopic (exact) mass is 313 g/mol. The van der Waals surface area contributed by atoms with Crippen molar-refractivity contribution in [2.75, 3.05) is 6.54 Å². The molecule has 1 saturated heterocycles. The van der Waals surface area contributed by atoms with Gasteiger partial charge in [0.2, 0.25) is 18.1 Å². The quantitative estimate of drug-likeness (QED) is 0.805. The molecule has 2 aliphatic rings. The molecule has 1 unspecified atom stereocenters. The molecular weight excluding hydrogens is 305 g/mol. The number of carbonyl (C=O) groups is 2. The Morgan fingerprint density at radius 2 is 2.25 bits per heavy atom. The van der Waals surface area contributed by atoms with Gasteiger partial charge in [-0.05, 0) is 12.1 Å². The summed E-state index contributed by atoms with van der Waals surface area (Å²) < 4.78 is 5.29. The van der Waals surface area contributed by atoms with Gasteiger partial charge in [-0.2, -0.15) is 0 Å². The smallest absolute Gasteiger partial charge is 0.304 e. The van der Waals surface area contributed by atoms with Gasteiger partial charge in [0.1, 0.15) is 6.54 Å². The molecule has 0 saturated carbocycles. The van der Waals surface area contributed by atoms with Gasteiger partial charge in [-0.15, -0.1) is 0 Å². The number of amides is 1. The summed E-state index contributed by atoms with van der Waals surface area (Å²) in [6.45, 7) is 1.33. The zero-order valence-electron chi connectivity index (χ0n) is 10.3. The number of esters is 1. The van der Waals surface area contributed by atoms with Gasteiger partial charge in [0, 0.05) is 6.92 Å². The molecule has 1 amide bonds. The maximum Gasteiger partial charge on any atom is 0.304 e. The van der Waals surface area contributed by atoms with Crippen molar-refractivity contribution in [2.24, 2.45) is 4.99 Å². The van der Waals surface area contributed by atoms with E-state index in [-0.39, 0.29) is 17.5 Å². The van der Waals surface area contributed by atoms with E-state index in [1.54, 1.807) is 12.1 Å². The predicted molar refractivity (Wildman–Crippen MR) is 72.9 cm³/mol. The van der Waals surface area contributed by atoms with Gasteiger partial charge >= 0.3 is 5.97 Å². The second-order valence-corrected chi connectivity index (χ2v) is 5.15. The molecule has 3 rings (SSSR count). The third kappa shape index (κ3) is 2.01. The average molecular weight is 314 g/mol. The van der Waals surface area contributed by atoms with Crippen molar-refractivity contribution in [1.29, 1.82) is 0 Å². The highest BCUT2D eigenvalue weighted by atomic mass is 35.5. The van der Waals surface area contributed by atoms with E-state index in [9.17, 15) is 9.59 Å². The Labute approximate surface area is 124 Å². The van der Waals surface area contributed by atoms with Crippen molar-refractivity contribution >= 4 is 46.7 Å². The van der Waals surface area contributed by atoms with Crippen LogP contribution in [0.2, 0.25) is 10.0 Å². The van der Waals surface area contributed by atoms with Crippen molar-refractivity contribution in [3.05, 3.63) is 27.7 Å². The van der Waals surface area contributed by atoms with Crippen LogP contribution in [0.3, 0.4) is 0 Å². The lowest BCUT2D eigenvalue weighted by molar-refractivity contribution is -0.154. The van der Waals surface area contributed by atoms with Crippen LogP contribution in [0.5, 0.6) is 0 Å². The number of ether oxygens (including phenoxy) is 1. The maximum atomic E-state index is 11.5. The molecule has 104 valence electrons. The Hall–Kier alpha value is -1.79. The van der Waals surface area contributed by atoms with Crippen LogP contribution in [0.25, 0.3) is 0 Å². The lowest BCUT2D eigenvalue weighted by atomic mass is 10.1. The molecular formula is C12H9Cl2N3O3. The van der Waals surface area contributed by atoms with Gasteiger partial charge in [0.15, 0.2) is 0 Å². The molecule has 2 aliphatic heterocycles. The fourth-order valence-electron chi connectivity index (χ4n) is 2.19. The van der Waals surface area contributed by atoms with Crippen molar-refractivity contribution < 1.29 is 14.3 Å². The van der Waals surface area contributed by atoms with Crippen molar-refractivity contribution in [3.63, 3.8) is 0 Å². The number of carbonyl (C=O) groups excluding carboxylic acids is 2. The lowest BCUT2D eigenvalue weighted by Crippen LogP contribution is -2.38. The van der Waals surface area contributed by atoms with E-state index >= 15 is 0 Å². The van der Waals surface area contributed by atoms with Crippen molar-refractivity contribution in [1.82, 2.24) is 10.2 Å². The maximum absolute atomic E-state index is 11.5.